The number of methoxy groups -OCH3 is 1. The maximum Gasteiger partial charge on any atom is 0.387 e. The molecule has 1 atom stereocenters. The number of carbonyl (C=O) groups is 1. The molecule has 0 aliphatic carbocycles. The molecule has 4 nitrogen and oxygen atoms in total. The average molecular weight is 231 g/mol. The Balaban J connectivity index is 2.98. The van der Waals surface area contributed by atoms with Crippen molar-refractivity contribution in [2.24, 2.45) is 5.73 Å². The van der Waals surface area contributed by atoms with Crippen LogP contribution in [0.15, 0.2) is 24.3 Å². The van der Waals surface area contributed by atoms with Crippen molar-refractivity contribution in [3.8, 4) is 5.75 Å². The maximum absolute atomic E-state index is 12.1. The van der Waals surface area contributed by atoms with Crippen molar-refractivity contribution in [3.05, 3.63) is 29.8 Å². The number of nitrogens with two attached hydrogens (primary N) is 1. The molecule has 1 aromatic carbocycles. The Hall–Kier alpha value is -1.69. The van der Waals surface area contributed by atoms with Gasteiger partial charge < -0.3 is 15.2 Å². The summed E-state index contributed by atoms with van der Waals surface area (Å²) >= 11 is 0. The molecular weight excluding hydrogens is 220 g/mol. The van der Waals surface area contributed by atoms with Crippen molar-refractivity contribution in [1.82, 2.24) is 0 Å². The lowest BCUT2D eigenvalue weighted by atomic mass is 10.1. The molecule has 0 aliphatic rings. The molecule has 6 heteroatoms. The fourth-order valence-corrected chi connectivity index (χ4v) is 1.19. The van der Waals surface area contributed by atoms with E-state index in [1.807, 2.05) is 0 Å². The Bertz CT molecular complexity index is 371. The lowest BCUT2D eigenvalue weighted by Gasteiger charge is -2.14. The van der Waals surface area contributed by atoms with Crippen LogP contribution in [0.1, 0.15) is 11.6 Å². The molecule has 0 saturated carbocycles. The number of ether oxygens (including phenoxy) is 2. The molecule has 0 aromatic heterocycles. The number of alkyl halides is 2. The lowest BCUT2D eigenvalue weighted by molar-refractivity contribution is -0.142. The molecule has 1 rings (SSSR count). The van der Waals surface area contributed by atoms with Gasteiger partial charge in [-0.2, -0.15) is 8.78 Å². The third-order valence-corrected chi connectivity index (χ3v) is 1.93. The first-order chi connectivity index (χ1) is 7.56. The van der Waals surface area contributed by atoms with E-state index >= 15 is 0 Å². The van der Waals surface area contributed by atoms with E-state index < -0.39 is 18.6 Å². The second-order valence-electron chi connectivity index (χ2n) is 2.92. The first kappa shape index (κ1) is 12.4. The highest BCUT2D eigenvalue weighted by Gasteiger charge is 2.21. The number of rotatable bonds is 4. The van der Waals surface area contributed by atoms with Crippen molar-refractivity contribution < 1.29 is 23.0 Å². The third kappa shape index (κ3) is 2.90. The minimum atomic E-state index is -2.97. The predicted molar refractivity (Wildman–Crippen MR) is 52.0 cm³/mol. The van der Waals surface area contributed by atoms with Gasteiger partial charge in [0.1, 0.15) is 11.8 Å². The molecule has 0 unspecified atom stereocenters. The summed E-state index contributed by atoms with van der Waals surface area (Å²) in [6.45, 7) is -2.97. The zero-order chi connectivity index (χ0) is 12.1. The van der Waals surface area contributed by atoms with Gasteiger partial charge in [0.25, 0.3) is 0 Å². The van der Waals surface area contributed by atoms with E-state index in [-0.39, 0.29) is 11.3 Å². The normalized spacial score (nSPS) is 12.3. The van der Waals surface area contributed by atoms with Crippen molar-refractivity contribution in [3.63, 3.8) is 0 Å². The summed E-state index contributed by atoms with van der Waals surface area (Å²) in [6.07, 6.45) is 0. The van der Waals surface area contributed by atoms with Crippen molar-refractivity contribution in [1.29, 1.82) is 0 Å². The summed E-state index contributed by atoms with van der Waals surface area (Å²) in [5.41, 5.74) is 5.69. The van der Waals surface area contributed by atoms with E-state index in [0.29, 0.717) is 0 Å². The van der Waals surface area contributed by atoms with Gasteiger partial charge in [0.2, 0.25) is 0 Å². The van der Waals surface area contributed by atoms with Crippen LogP contribution in [0, 0.1) is 0 Å². The molecule has 0 amide bonds. The molecule has 1 aromatic rings. The Labute approximate surface area is 91.0 Å². The molecular formula is C10H11F2NO3. The summed E-state index contributed by atoms with van der Waals surface area (Å²) in [7, 11) is 1.17. The van der Waals surface area contributed by atoms with E-state index in [2.05, 4.69) is 9.47 Å². The van der Waals surface area contributed by atoms with E-state index in [1.54, 1.807) is 6.07 Å². The van der Waals surface area contributed by atoms with Crippen LogP contribution in [0.3, 0.4) is 0 Å². The van der Waals surface area contributed by atoms with Crippen molar-refractivity contribution in [2.75, 3.05) is 7.11 Å². The molecule has 0 radical (unpaired) electrons. The van der Waals surface area contributed by atoms with Gasteiger partial charge >= 0.3 is 12.6 Å². The van der Waals surface area contributed by atoms with Crippen molar-refractivity contribution in [2.45, 2.75) is 12.7 Å². The number of benzene rings is 1. The SMILES string of the molecule is COC(=O)[C@@H](N)c1ccccc1OC(F)F. The van der Waals surface area contributed by atoms with Gasteiger partial charge in [-0.25, -0.2) is 0 Å². The molecule has 0 aliphatic heterocycles. The van der Waals surface area contributed by atoms with Crippen LogP contribution >= 0.6 is 0 Å². The van der Waals surface area contributed by atoms with Crippen LogP contribution in [0.25, 0.3) is 0 Å². The lowest BCUT2D eigenvalue weighted by Crippen LogP contribution is -2.23. The Morgan fingerprint density at radius 1 is 1.38 bits per heavy atom. The topological polar surface area (TPSA) is 61.5 Å². The van der Waals surface area contributed by atoms with Gasteiger partial charge in [-0.3, -0.25) is 4.79 Å². The van der Waals surface area contributed by atoms with Gasteiger partial charge in [-0.1, -0.05) is 18.2 Å². The Morgan fingerprint density at radius 3 is 2.56 bits per heavy atom. The second-order valence-corrected chi connectivity index (χ2v) is 2.92. The predicted octanol–water partition coefficient (Wildman–Crippen LogP) is 1.46. The number of esters is 1. The highest BCUT2D eigenvalue weighted by atomic mass is 19.3. The number of halogens is 2. The van der Waals surface area contributed by atoms with E-state index in [0.717, 1.165) is 0 Å². The van der Waals surface area contributed by atoms with Gasteiger partial charge in [0.15, 0.2) is 0 Å². The fourth-order valence-electron chi connectivity index (χ4n) is 1.19. The maximum atomic E-state index is 12.1. The summed E-state index contributed by atoms with van der Waals surface area (Å²) in [6, 6.07) is 4.67. The Kier molecular flexibility index (Phi) is 4.19. The van der Waals surface area contributed by atoms with Crippen LogP contribution in [-0.2, 0) is 9.53 Å². The van der Waals surface area contributed by atoms with Crippen LogP contribution in [0.4, 0.5) is 8.78 Å². The highest BCUT2D eigenvalue weighted by Crippen LogP contribution is 2.25. The van der Waals surface area contributed by atoms with Crippen LogP contribution in [0.2, 0.25) is 0 Å². The molecule has 0 heterocycles. The average Bonchev–Trinajstić information content (AvgIpc) is 2.27. The van der Waals surface area contributed by atoms with Gasteiger partial charge in [-0.15, -0.1) is 0 Å². The third-order valence-electron chi connectivity index (χ3n) is 1.93. The first-order valence-electron chi connectivity index (χ1n) is 4.43. The summed E-state index contributed by atoms with van der Waals surface area (Å²) < 4.78 is 32.8. The van der Waals surface area contributed by atoms with Crippen LogP contribution in [-0.4, -0.2) is 19.7 Å². The monoisotopic (exact) mass is 231 g/mol. The van der Waals surface area contributed by atoms with E-state index in [9.17, 15) is 13.6 Å². The van der Waals surface area contributed by atoms with E-state index in [4.69, 9.17) is 5.73 Å². The smallest absolute Gasteiger partial charge is 0.387 e. The molecule has 88 valence electrons. The first-order valence-corrected chi connectivity index (χ1v) is 4.43. The molecule has 2 N–H and O–H groups in total. The molecule has 0 saturated heterocycles. The standard InChI is InChI=1S/C10H11F2NO3/c1-15-9(14)8(13)6-4-2-3-5-7(6)16-10(11)12/h2-5,8,10H,13H2,1H3/t8-/m0/s1. The highest BCUT2D eigenvalue weighted by molar-refractivity contribution is 5.78. The summed E-state index contributed by atoms with van der Waals surface area (Å²) in [5.74, 6) is -0.847. The molecule has 0 bridgehead atoms. The zero-order valence-corrected chi connectivity index (χ0v) is 8.52. The zero-order valence-electron chi connectivity index (χ0n) is 8.52. The summed E-state index contributed by atoms with van der Waals surface area (Å²) in [5, 5.41) is 0. The Morgan fingerprint density at radius 2 is 2.00 bits per heavy atom. The molecule has 16 heavy (non-hydrogen) atoms. The quantitative estimate of drug-likeness (QED) is 0.797. The van der Waals surface area contributed by atoms with Gasteiger partial charge in [-0.05, 0) is 6.07 Å². The number of para-hydroxylation sites is 1. The minimum absolute atomic E-state index is 0.129. The van der Waals surface area contributed by atoms with Gasteiger partial charge in [0.05, 0.1) is 7.11 Å². The van der Waals surface area contributed by atoms with Crippen LogP contribution in [0.5, 0.6) is 5.75 Å². The number of hydrogen-bond acceptors (Lipinski definition) is 4. The van der Waals surface area contributed by atoms with Crippen LogP contribution < -0.4 is 10.5 Å². The van der Waals surface area contributed by atoms with Crippen molar-refractivity contribution >= 4 is 5.97 Å². The van der Waals surface area contributed by atoms with Gasteiger partial charge in [0, 0.05) is 5.56 Å². The number of carbonyl (C=O) groups excluding carboxylic acids is 1. The number of hydrogen-bond donors (Lipinski definition) is 1. The molecule has 0 spiro atoms. The van der Waals surface area contributed by atoms with E-state index in [1.165, 1.54) is 25.3 Å². The second kappa shape index (κ2) is 5.41. The molecule has 0 fully saturated rings. The fraction of sp³-hybridized carbons (Fsp3) is 0.300. The summed E-state index contributed by atoms with van der Waals surface area (Å²) in [4.78, 5) is 11.2. The minimum Gasteiger partial charge on any atom is -0.468 e. The largest absolute Gasteiger partial charge is 0.468 e.